The molecular weight excluding hydrogens is 343 g/mol. The van der Waals surface area contributed by atoms with Crippen LogP contribution in [0.15, 0.2) is 42.5 Å². The first-order chi connectivity index (χ1) is 11.6. The summed E-state index contributed by atoms with van der Waals surface area (Å²) in [4.78, 5) is 34.3. The Morgan fingerprint density at radius 2 is 1.52 bits per heavy atom. The van der Waals surface area contributed by atoms with E-state index in [0.717, 1.165) is 36.4 Å². The molecule has 0 heterocycles. The Labute approximate surface area is 138 Å². The lowest BCUT2D eigenvalue weighted by Gasteiger charge is -2.14. The second-order valence-electron chi connectivity index (χ2n) is 4.87. The molecule has 0 aliphatic heterocycles. The molecule has 0 bridgehead atoms. The summed E-state index contributed by atoms with van der Waals surface area (Å²) in [6.07, 6.45) is -4.72. The number of carboxylic acids is 2. The topological polar surface area (TPSA) is 104 Å². The fourth-order valence-electron chi connectivity index (χ4n) is 2.08. The highest BCUT2D eigenvalue weighted by molar-refractivity contribution is 6.11. The average Bonchev–Trinajstić information content (AvgIpc) is 2.53. The van der Waals surface area contributed by atoms with Crippen molar-refractivity contribution < 1.29 is 37.8 Å². The van der Waals surface area contributed by atoms with Crippen molar-refractivity contribution in [3.8, 4) is 0 Å². The highest BCUT2D eigenvalue weighted by atomic mass is 19.4. The van der Waals surface area contributed by atoms with E-state index in [1.807, 2.05) is 5.32 Å². The Morgan fingerprint density at radius 3 is 2.08 bits per heavy atom. The summed E-state index contributed by atoms with van der Waals surface area (Å²) in [6.45, 7) is 0. The van der Waals surface area contributed by atoms with Gasteiger partial charge in [0, 0.05) is 0 Å². The van der Waals surface area contributed by atoms with Gasteiger partial charge in [-0.2, -0.15) is 13.2 Å². The largest absolute Gasteiger partial charge is 0.478 e. The third-order valence-corrected chi connectivity index (χ3v) is 3.22. The van der Waals surface area contributed by atoms with Crippen LogP contribution >= 0.6 is 0 Å². The molecule has 2 rings (SSSR count). The van der Waals surface area contributed by atoms with Gasteiger partial charge in [0.2, 0.25) is 0 Å². The van der Waals surface area contributed by atoms with Gasteiger partial charge in [-0.1, -0.05) is 12.1 Å². The third-order valence-electron chi connectivity index (χ3n) is 3.22. The second kappa shape index (κ2) is 6.63. The molecule has 0 aromatic heterocycles. The monoisotopic (exact) mass is 353 g/mol. The number of nitrogens with one attached hydrogen (secondary N) is 1. The summed E-state index contributed by atoms with van der Waals surface area (Å²) in [7, 11) is 0. The molecule has 1 amide bonds. The quantitative estimate of drug-likeness (QED) is 0.782. The SMILES string of the molecule is O=C(O)c1ccc(C(=O)Nc2ccccc2C(F)(F)F)c(C(=O)O)c1. The van der Waals surface area contributed by atoms with E-state index < -0.39 is 46.4 Å². The lowest BCUT2D eigenvalue weighted by atomic mass is 10.0. The van der Waals surface area contributed by atoms with Crippen molar-refractivity contribution in [3.63, 3.8) is 0 Å². The predicted molar refractivity (Wildman–Crippen MR) is 79.8 cm³/mol. The molecular formula is C16H10F3NO5. The van der Waals surface area contributed by atoms with Crippen LogP contribution in [0, 0.1) is 0 Å². The van der Waals surface area contributed by atoms with Gasteiger partial charge in [0.05, 0.1) is 27.9 Å². The van der Waals surface area contributed by atoms with E-state index in [0.29, 0.717) is 0 Å². The van der Waals surface area contributed by atoms with E-state index in [4.69, 9.17) is 10.2 Å². The molecule has 0 aliphatic carbocycles. The average molecular weight is 353 g/mol. The Kier molecular flexibility index (Phi) is 4.77. The van der Waals surface area contributed by atoms with Gasteiger partial charge in [-0.25, -0.2) is 9.59 Å². The summed E-state index contributed by atoms with van der Waals surface area (Å²) < 4.78 is 38.8. The van der Waals surface area contributed by atoms with Crippen LogP contribution in [0.3, 0.4) is 0 Å². The van der Waals surface area contributed by atoms with Gasteiger partial charge < -0.3 is 15.5 Å². The minimum Gasteiger partial charge on any atom is -0.478 e. The number of hydrogen-bond acceptors (Lipinski definition) is 3. The lowest BCUT2D eigenvalue weighted by molar-refractivity contribution is -0.136. The molecule has 2 aromatic carbocycles. The van der Waals surface area contributed by atoms with Crippen LogP contribution in [0.1, 0.15) is 36.6 Å². The van der Waals surface area contributed by atoms with Crippen molar-refractivity contribution in [1.29, 1.82) is 0 Å². The maximum atomic E-state index is 12.9. The van der Waals surface area contributed by atoms with Crippen molar-refractivity contribution in [1.82, 2.24) is 0 Å². The van der Waals surface area contributed by atoms with E-state index in [9.17, 15) is 27.6 Å². The smallest absolute Gasteiger partial charge is 0.418 e. The summed E-state index contributed by atoms with van der Waals surface area (Å²) in [5.74, 6) is -4.10. The van der Waals surface area contributed by atoms with Gasteiger partial charge in [-0.15, -0.1) is 0 Å². The van der Waals surface area contributed by atoms with Crippen LogP contribution in [0.25, 0.3) is 0 Å². The molecule has 9 heteroatoms. The number of benzene rings is 2. The summed E-state index contributed by atoms with van der Waals surface area (Å²) in [6, 6.07) is 6.88. The van der Waals surface area contributed by atoms with Crippen molar-refractivity contribution in [2.24, 2.45) is 0 Å². The lowest BCUT2D eigenvalue weighted by Crippen LogP contribution is -2.19. The number of carbonyl (C=O) groups excluding carboxylic acids is 1. The van der Waals surface area contributed by atoms with Crippen molar-refractivity contribution in [2.75, 3.05) is 5.32 Å². The number of anilines is 1. The number of hydrogen-bond donors (Lipinski definition) is 3. The van der Waals surface area contributed by atoms with Crippen molar-refractivity contribution in [2.45, 2.75) is 6.18 Å². The number of carbonyl (C=O) groups is 3. The first-order valence-electron chi connectivity index (χ1n) is 6.69. The van der Waals surface area contributed by atoms with Gasteiger partial charge in [-0.05, 0) is 30.3 Å². The Bertz CT molecular complexity index is 861. The molecule has 0 aliphatic rings. The first-order valence-corrected chi connectivity index (χ1v) is 6.69. The molecule has 0 saturated carbocycles. The Balaban J connectivity index is 2.43. The van der Waals surface area contributed by atoms with Crippen molar-refractivity contribution in [3.05, 3.63) is 64.7 Å². The Hall–Kier alpha value is -3.36. The standard InChI is InChI=1S/C16H10F3NO5/c17-16(18,19)11-3-1-2-4-12(11)20-13(21)9-6-5-8(14(22)23)7-10(9)15(24)25/h1-7H,(H,20,21)(H,22,23)(H,24,25). The van der Waals surface area contributed by atoms with Gasteiger partial charge in [0.15, 0.2) is 0 Å². The highest BCUT2D eigenvalue weighted by Crippen LogP contribution is 2.34. The van der Waals surface area contributed by atoms with Gasteiger partial charge in [-0.3, -0.25) is 4.79 Å². The molecule has 0 saturated heterocycles. The summed E-state index contributed by atoms with van der Waals surface area (Å²) >= 11 is 0. The molecule has 130 valence electrons. The fourth-order valence-corrected chi connectivity index (χ4v) is 2.08. The molecule has 3 N–H and O–H groups in total. The van der Waals surface area contributed by atoms with Gasteiger partial charge in [0.1, 0.15) is 0 Å². The third kappa shape index (κ3) is 3.94. The van der Waals surface area contributed by atoms with Gasteiger partial charge >= 0.3 is 18.1 Å². The van der Waals surface area contributed by atoms with Crippen LogP contribution in [-0.2, 0) is 6.18 Å². The molecule has 25 heavy (non-hydrogen) atoms. The van der Waals surface area contributed by atoms with Crippen LogP contribution in [0.2, 0.25) is 0 Å². The minimum atomic E-state index is -4.72. The number of para-hydroxylation sites is 1. The number of amides is 1. The minimum absolute atomic E-state index is 0.371. The molecule has 0 radical (unpaired) electrons. The molecule has 0 fully saturated rings. The zero-order valence-electron chi connectivity index (χ0n) is 12.3. The summed E-state index contributed by atoms with van der Waals surface area (Å²) in [5.41, 5.74) is -3.11. The zero-order valence-corrected chi connectivity index (χ0v) is 12.3. The summed E-state index contributed by atoms with van der Waals surface area (Å²) in [5, 5.41) is 20.0. The van der Waals surface area contributed by atoms with E-state index in [-0.39, 0.29) is 5.56 Å². The number of aromatic carboxylic acids is 2. The highest BCUT2D eigenvalue weighted by Gasteiger charge is 2.33. The molecule has 6 nitrogen and oxygen atoms in total. The molecule has 0 atom stereocenters. The number of carboxylic acid groups (broad SMARTS) is 2. The van der Waals surface area contributed by atoms with Gasteiger partial charge in [0.25, 0.3) is 5.91 Å². The van der Waals surface area contributed by atoms with Crippen molar-refractivity contribution >= 4 is 23.5 Å². The van der Waals surface area contributed by atoms with E-state index in [2.05, 4.69) is 0 Å². The number of alkyl halides is 3. The maximum Gasteiger partial charge on any atom is 0.418 e. The predicted octanol–water partition coefficient (Wildman–Crippen LogP) is 3.35. The number of halogens is 3. The van der Waals surface area contributed by atoms with E-state index in [1.165, 1.54) is 6.07 Å². The second-order valence-corrected chi connectivity index (χ2v) is 4.87. The molecule has 0 spiro atoms. The van der Waals surface area contributed by atoms with Crippen LogP contribution < -0.4 is 5.32 Å². The maximum absolute atomic E-state index is 12.9. The van der Waals surface area contributed by atoms with E-state index >= 15 is 0 Å². The Morgan fingerprint density at radius 1 is 0.880 bits per heavy atom. The number of rotatable bonds is 4. The van der Waals surface area contributed by atoms with Crippen LogP contribution in [0.4, 0.5) is 18.9 Å². The van der Waals surface area contributed by atoms with Crippen LogP contribution in [0.5, 0.6) is 0 Å². The zero-order chi connectivity index (χ0) is 18.8. The molecule has 0 unspecified atom stereocenters. The fraction of sp³-hybridized carbons (Fsp3) is 0.0625. The van der Waals surface area contributed by atoms with E-state index in [1.54, 1.807) is 0 Å². The molecule has 2 aromatic rings. The normalized spacial score (nSPS) is 11.0. The first kappa shape index (κ1) is 18.0. The van der Waals surface area contributed by atoms with Crippen LogP contribution in [-0.4, -0.2) is 28.1 Å².